The van der Waals surface area contributed by atoms with Gasteiger partial charge in [-0.2, -0.15) is 0 Å². The summed E-state index contributed by atoms with van der Waals surface area (Å²) in [7, 11) is 0. The molecule has 0 radical (unpaired) electrons. The lowest BCUT2D eigenvalue weighted by atomic mass is 9.82. The maximum absolute atomic E-state index is 12.6. The molecular formula is C21H20ClNO3. The van der Waals surface area contributed by atoms with E-state index in [4.69, 9.17) is 16.3 Å². The zero-order valence-corrected chi connectivity index (χ0v) is 15.2. The number of hydrogen-bond donors (Lipinski definition) is 0. The number of rotatable bonds is 2. The molecule has 0 saturated carbocycles. The standard InChI is InChI=1S/C21H20ClNO3/c22-17-8-4-7-16-18(24)14-21(26-20(16)17)9-11-23(12-10-21)19(25)13-15-5-2-1-3-6-15/h1-8H,9-14H2. The van der Waals surface area contributed by atoms with Crippen LogP contribution in [0, 0.1) is 0 Å². The van der Waals surface area contributed by atoms with Crippen LogP contribution in [0.5, 0.6) is 5.75 Å². The predicted octanol–water partition coefficient (Wildman–Crippen LogP) is 3.91. The SMILES string of the molecule is O=C1CC2(CCN(C(=O)Cc3ccccc3)CC2)Oc2c(Cl)cccc21. The highest BCUT2D eigenvalue weighted by Crippen LogP contribution is 2.42. The summed E-state index contributed by atoms with van der Waals surface area (Å²) in [5, 5.41) is 0.470. The molecule has 1 spiro atoms. The number of ether oxygens (including phenoxy) is 1. The molecule has 0 aliphatic carbocycles. The van der Waals surface area contributed by atoms with Crippen LogP contribution in [-0.4, -0.2) is 35.3 Å². The number of piperidine rings is 1. The van der Waals surface area contributed by atoms with Gasteiger partial charge in [-0.3, -0.25) is 9.59 Å². The molecule has 1 fully saturated rings. The van der Waals surface area contributed by atoms with Crippen LogP contribution < -0.4 is 4.74 Å². The normalized spacial score (nSPS) is 18.3. The van der Waals surface area contributed by atoms with Crippen LogP contribution in [0.1, 0.15) is 35.2 Å². The molecule has 2 aromatic carbocycles. The van der Waals surface area contributed by atoms with Crippen molar-refractivity contribution in [2.24, 2.45) is 0 Å². The number of carbonyl (C=O) groups is 2. The van der Waals surface area contributed by atoms with Gasteiger partial charge in [0.05, 0.1) is 23.4 Å². The van der Waals surface area contributed by atoms with Gasteiger partial charge in [0.1, 0.15) is 11.4 Å². The van der Waals surface area contributed by atoms with Crippen LogP contribution in [0.4, 0.5) is 0 Å². The summed E-state index contributed by atoms with van der Waals surface area (Å²) >= 11 is 6.24. The maximum Gasteiger partial charge on any atom is 0.226 e. The first-order chi connectivity index (χ1) is 12.6. The Balaban J connectivity index is 1.44. The summed E-state index contributed by atoms with van der Waals surface area (Å²) in [5.41, 5.74) is 1.03. The summed E-state index contributed by atoms with van der Waals surface area (Å²) in [4.78, 5) is 27.0. The zero-order valence-electron chi connectivity index (χ0n) is 14.4. The molecule has 0 unspecified atom stereocenters. The van der Waals surface area contributed by atoms with Crippen LogP contribution in [0.15, 0.2) is 48.5 Å². The molecule has 0 N–H and O–H groups in total. The molecule has 0 bridgehead atoms. The van der Waals surface area contributed by atoms with Crippen LogP contribution in [0.25, 0.3) is 0 Å². The van der Waals surface area contributed by atoms with Gasteiger partial charge in [-0.05, 0) is 17.7 Å². The Morgan fingerprint density at radius 1 is 1.08 bits per heavy atom. The van der Waals surface area contributed by atoms with Gasteiger partial charge in [0.25, 0.3) is 0 Å². The van der Waals surface area contributed by atoms with Gasteiger partial charge in [0, 0.05) is 25.9 Å². The van der Waals surface area contributed by atoms with Crippen molar-refractivity contribution in [3.8, 4) is 5.75 Å². The van der Waals surface area contributed by atoms with Crippen LogP contribution in [0.3, 0.4) is 0 Å². The average molecular weight is 370 g/mol. The summed E-state index contributed by atoms with van der Waals surface area (Å²) in [5.74, 6) is 0.680. The van der Waals surface area contributed by atoms with Crippen molar-refractivity contribution in [2.45, 2.75) is 31.3 Å². The monoisotopic (exact) mass is 369 g/mol. The van der Waals surface area contributed by atoms with Gasteiger partial charge in [0.2, 0.25) is 5.91 Å². The van der Waals surface area contributed by atoms with Crippen molar-refractivity contribution in [3.05, 3.63) is 64.7 Å². The number of benzene rings is 2. The predicted molar refractivity (Wildman–Crippen MR) is 99.7 cm³/mol. The zero-order chi connectivity index (χ0) is 18.1. The Bertz CT molecular complexity index is 842. The molecule has 2 aromatic rings. The number of hydrogen-bond acceptors (Lipinski definition) is 3. The number of fused-ring (bicyclic) bond motifs is 1. The summed E-state index contributed by atoms with van der Waals surface area (Å²) < 4.78 is 6.22. The van der Waals surface area contributed by atoms with Gasteiger partial charge in [-0.15, -0.1) is 0 Å². The fourth-order valence-electron chi connectivity index (χ4n) is 3.80. The Morgan fingerprint density at radius 2 is 1.81 bits per heavy atom. The fourth-order valence-corrected chi connectivity index (χ4v) is 4.01. The molecule has 2 aliphatic heterocycles. The lowest BCUT2D eigenvalue weighted by Gasteiger charge is -2.44. The Labute approximate surface area is 157 Å². The first-order valence-corrected chi connectivity index (χ1v) is 9.27. The second kappa shape index (κ2) is 6.76. The third-order valence-corrected chi connectivity index (χ3v) is 5.59. The number of halogens is 1. The second-order valence-corrected chi connectivity index (χ2v) is 7.45. The van der Waals surface area contributed by atoms with E-state index < -0.39 is 5.60 Å². The summed E-state index contributed by atoms with van der Waals surface area (Å²) in [6.45, 7) is 1.19. The molecule has 0 atom stereocenters. The van der Waals surface area contributed by atoms with Crippen LogP contribution in [0.2, 0.25) is 5.02 Å². The number of para-hydroxylation sites is 1. The van der Waals surface area contributed by atoms with Gasteiger partial charge >= 0.3 is 0 Å². The highest BCUT2D eigenvalue weighted by molar-refractivity contribution is 6.32. The Morgan fingerprint density at radius 3 is 2.54 bits per heavy atom. The number of nitrogens with zero attached hydrogens (tertiary/aromatic N) is 1. The highest BCUT2D eigenvalue weighted by Gasteiger charge is 2.44. The van der Waals surface area contributed by atoms with Crippen molar-refractivity contribution in [2.75, 3.05) is 13.1 Å². The van der Waals surface area contributed by atoms with Crippen molar-refractivity contribution >= 4 is 23.3 Å². The molecular weight excluding hydrogens is 350 g/mol. The van der Waals surface area contributed by atoms with E-state index in [9.17, 15) is 9.59 Å². The van der Waals surface area contributed by atoms with Gasteiger partial charge in [-0.25, -0.2) is 0 Å². The number of carbonyl (C=O) groups excluding carboxylic acids is 2. The molecule has 4 nitrogen and oxygen atoms in total. The number of Topliss-reactive ketones (excluding diaryl/α,β-unsaturated/α-hetero) is 1. The number of amides is 1. The molecule has 134 valence electrons. The van der Waals surface area contributed by atoms with Gasteiger partial charge in [-0.1, -0.05) is 48.0 Å². The fraction of sp³-hybridized carbons (Fsp3) is 0.333. The smallest absolute Gasteiger partial charge is 0.226 e. The first kappa shape index (κ1) is 17.1. The molecule has 1 saturated heterocycles. The van der Waals surface area contributed by atoms with E-state index in [-0.39, 0.29) is 11.7 Å². The molecule has 26 heavy (non-hydrogen) atoms. The van der Waals surface area contributed by atoms with Crippen LogP contribution in [-0.2, 0) is 11.2 Å². The molecule has 1 amide bonds. The molecule has 4 rings (SSSR count). The molecule has 2 aliphatic rings. The quantitative estimate of drug-likeness (QED) is 0.806. The van der Waals surface area contributed by atoms with E-state index in [2.05, 4.69) is 0 Å². The van der Waals surface area contributed by atoms with Crippen molar-refractivity contribution < 1.29 is 14.3 Å². The van der Waals surface area contributed by atoms with Gasteiger partial charge < -0.3 is 9.64 Å². The lowest BCUT2D eigenvalue weighted by Crippen LogP contribution is -2.52. The number of likely N-dealkylation sites (tertiary alicyclic amines) is 1. The second-order valence-electron chi connectivity index (χ2n) is 7.04. The molecule has 5 heteroatoms. The van der Waals surface area contributed by atoms with E-state index in [0.717, 1.165) is 5.56 Å². The van der Waals surface area contributed by atoms with E-state index in [0.29, 0.717) is 55.1 Å². The Kier molecular flexibility index (Phi) is 4.45. The summed E-state index contributed by atoms with van der Waals surface area (Å²) in [6.07, 6.45) is 2.04. The first-order valence-electron chi connectivity index (χ1n) is 8.89. The minimum absolute atomic E-state index is 0.0674. The van der Waals surface area contributed by atoms with E-state index in [1.165, 1.54) is 0 Å². The average Bonchev–Trinajstić information content (AvgIpc) is 2.64. The van der Waals surface area contributed by atoms with E-state index in [1.807, 2.05) is 35.2 Å². The topological polar surface area (TPSA) is 46.6 Å². The Hall–Kier alpha value is -2.33. The molecule has 2 heterocycles. The minimum atomic E-state index is -0.543. The van der Waals surface area contributed by atoms with Crippen molar-refractivity contribution in [3.63, 3.8) is 0 Å². The highest BCUT2D eigenvalue weighted by atomic mass is 35.5. The lowest BCUT2D eigenvalue weighted by molar-refractivity contribution is -0.134. The number of ketones is 1. The maximum atomic E-state index is 12.6. The van der Waals surface area contributed by atoms with Gasteiger partial charge in [0.15, 0.2) is 5.78 Å². The third kappa shape index (κ3) is 3.21. The largest absolute Gasteiger partial charge is 0.484 e. The van der Waals surface area contributed by atoms with E-state index in [1.54, 1.807) is 18.2 Å². The van der Waals surface area contributed by atoms with Crippen LogP contribution >= 0.6 is 11.6 Å². The third-order valence-electron chi connectivity index (χ3n) is 5.29. The minimum Gasteiger partial charge on any atom is -0.484 e. The van der Waals surface area contributed by atoms with Crippen molar-refractivity contribution in [1.82, 2.24) is 4.90 Å². The van der Waals surface area contributed by atoms with E-state index >= 15 is 0 Å². The molecule has 0 aromatic heterocycles. The van der Waals surface area contributed by atoms with Crippen molar-refractivity contribution in [1.29, 1.82) is 0 Å². The summed E-state index contributed by atoms with van der Waals surface area (Å²) in [6, 6.07) is 15.0.